The number of hydrogen-bond donors (Lipinski definition) is 1. The Kier molecular flexibility index (Phi) is 7.32. The number of nitrogens with one attached hydrogen (secondary N) is 1. The van der Waals surface area contributed by atoms with Crippen LogP contribution in [0.15, 0.2) is 0 Å². The van der Waals surface area contributed by atoms with E-state index >= 15 is 0 Å². The minimum absolute atomic E-state index is 0.492. The van der Waals surface area contributed by atoms with E-state index in [0.29, 0.717) is 12.1 Å². The van der Waals surface area contributed by atoms with Gasteiger partial charge in [-0.25, -0.2) is 0 Å². The molecule has 2 fully saturated rings. The predicted octanol–water partition coefficient (Wildman–Crippen LogP) is 3.19. The largest absolute Gasteiger partial charge is 0.378 e. The van der Waals surface area contributed by atoms with Gasteiger partial charge in [0.15, 0.2) is 0 Å². The van der Waals surface area contributed by atoms with Gasteiger partial charge in [0.05, 0.1) is 6.10 Å². The van der Waals surface area contributed by atoms with Gasteiger partial charge in [0.25, 0.3) is 0 Å². The Morgan fingerprint density at radius 2 is 1.95 bits per heavy atom. The molecule has 0 aromatic carbocycles. The molecule has 2 aliphatic rings. The first-order valence-electron chi connectivity index (χ1n) is 8.84. The Balaban J connectivity index is 1.54. The van der Waals surface area contributed by atoms with Gasteiger partial charge in [0.2, 0.25) is 0 Å². The fourth-order valence-corrected chi connectivity index (χ4v) is 3.69. The number of rotatable bonds is 7. The molecule has 1 saturated carbocycles. The van der Waals surface area contributed by atoms with E-state index in [2.05, 4.69) is 24.2 Å². The Morgan fingerprint density at radius 3 is 2.70 bits per heavy atom. The molecule has 0 bridgehead atoms. The second-order valence-electron chi connectivity index (χ2n) is 6.70. The third-order valence-electron chi connectivity index (χ3n) is 5.14. The van der Waals surface area contributed by atoms with E-state index in [1.54, 1.807) is 0 Å². The minimum Gasteiger partial charge on any atom is -0.378 e. The van der Waals surface area contributed by atoms with E-state index in [-0.39, 0.29) is 0 Å². The topological polar surface area (TPSA) is 24.5 Å². The summed E-state index contributed by atoms with van der Waals surface area (Å²) in [6.45, 7) is 5.58. The van der Waals surface area contributed by atoms with Crippen molar-refractivity contribution in [2.24, 2.45) is 0 Å². The van der Waals surface area contributed by atoms with Crippen LogP contribution in [0.5, 0.6) is 0 Å². The molecule has 3 nitrogen and oxygen atoms in total. The molecule has 0 aromatic rings. The fourth-order valence-electron chi connectivity index (χ4n) is 3.69. The molecule has 20 heavy (non-hydrogen) atoms. The molecule has 118 valence electrons. The van der Waals surface area contributed by atoms with Gasteiger partial charge in [-0.15, -0.1) is 0 Å². The Bertz CT molecular complexity index is 249. The molecular formula is C17H34N2O. The second kappa shape index (κ2) is 9.01. The molecule has 1 heterocycles. The first-order valence-corrected chi connectivity index (χ1v) is 8.84. The maximum absolute atomic E-state index is 5.73. The molecule has 0 amide bonds. The van der Waals surface area contributed by atoms with Gasteiger partial charge < -0.3 is 15.0 Å². The molecular weight excluding hydrogens is 248 g/mol. The van der Waals surface area contributed by atoms with Crippen LogP contribution in [-0.4, -0.2) is 49.8 Å². The lowest BCUT2D eigenvalue weighted by atomic mass is 9.94. The van der Waals surface area contributed by atoms with Gasteiger partial charge in [-0.2, -0.15) is 0 Å². The molecule has 3 heteroatoms. The normalized spacial score (nSPS) is 28.9. The van der Waals surface area contributed by atoms with Gasteiger partial charge in [-0.1, -0.05) is 26.2 Å². The van der Waals surface area contributed by atoms with E-state index in [4.69, 9.17) is 4.74 Å². The summed E-state index contributed by atoms with van der Waals surface area (Å²) in [7, 11) is 2.32. The SMILES string of the molecule is CCC1CC(NCCCN(C)C2CCCCC2)CCO1. The van der Waals surface area contributed by atoms with Gasteiger partial charge in [-0.05, 0) is 58.7 Å². The van der Waals surface area contributed by atoms with Gasteiger partial charge in [0, 0.05) is 18.7 Å². The molecule has 1 N–H and O–H groups in total. The Morgan fingerprint density at radius 1 is 1.15 bits per heavy atom. The predicted molar refractivity (Wildman–Crippen MR) is 85.2 cm³/mol. The summed E-state index contributed by atoms with van der Waals surface area (Å²) in [5.41, 5.74) is 0. The van der Waals surface area contributed by atoms with E-state index < -0.39 is 0 Å². The lowest BCUT2D eigenvalue weighted by Crippen LogP contribution is -2.40. The van der Waals surface area contributed by atoms with Crippen molar-refractivity contribution in [2.45, 2.75) is 82.9 Å². The van der Waals surface area contributed by atoms with Crippen molar-refractivity contribution in [2.75, 3.05) is 26.7 Å². The third-order valence-corrected chi connectivity index (χ3v) is 5.14. The number of hydrogen-bond acceptors (Lipinski definition) is 3. The summed E-state index contributed by atoms with van der Waals surface area (Å²) in [6, 6.07) is 1.55. The van der Waals surface area contributed by atoms with E-state index in [0.717, 1.165) is 25.6 Å². The summed E-state index contributed by atoms with van der Waals surface area (Å²) >= 11 is 0. The van der Waals surface area contributed by atoms with E-state index in [1.807, 2.05) is 0 Å². The highest BCUT2D eigenvalue weighted by molar-refractivity contribution is 4.77. The van der Waals surface area contributed by atoms with E-state index in [9.17, 15) is 0 Å². The first-order chi connectivity index (χ1) is 9.79. The molecule has 1 saturated heterocycles. The van der Waals surface area contributed by atoms with Crippen molar-refractivity contribution in [3.8, 4) is 0 Å². The summed E-state index contributed by atoms with van der Waals surface area (Å²) in [5, 5.41) is 3.74. The third kappa shape index (κ3) is 5.34. The van der Waals surface area contributed by atoms with Crippen LogP contribution in [0.3, 0.4) is 0 Å². The van der Waals surface area contributed by atoms with E-state index in [1.165, 1.54) is 57.9 Å². The van der Waals surface area contributed by atoms with Crippen LogP contribution < -0.4 is 5.32 Å². The molecule has 1 aliphatic carbocycles. The highest BCUT2D eigenvalue weighted by Gasteiger charge is 2.21. The highest BCUT2D eigenvalue weighted by Crippen LogP contribution is 2.21. The lowest BCUT2D eigenvalue weighted by Gasteiger charge is -2.32. The zero-order chi connectivity index (χ0) is 14.2. The van der Waals surface area contributed by atoms with Crippen LogP contribution in [0, 0.1) is 0 Å². The summed E-state index contributed by atoms with van der Waals surface area (Å²) in [6.07, 6.45) is 12.5. The van der Waals surface area contributed by atoms with Crippen molar-refractivity contribution in [1.29, 1.82) is 0 Å². The van der Waals surface area contributed by atoms with Gasteiger partial charge in [-0.3, -0.25) is 0 Å². The zero-order valence-electron chi connectivity index (χ0n) is 13.6. The lowest BCUT2D eigenvalue weighted by molar-refractivity contribution is -0.000101. The summed E-state index contributed by atoms with van der Waals surface area (Å²) in [5.74, 6) is 0. The molecule has 1 aliphatic heterocycles. The monoisotopic (exact) mass is 282 g/mol. The van der Waals surface area contributed by atoms with Gasteiger partial charge >= 0.3 is 0 Å². The average molecular weight is 282 g/mol. The number of nitrogens with zero attached hydrogens (tertiary/aromatic N) is 1. The summed E-state index contributed by atoms with van der Waals surface area (Å²) in [4.78, 5) is 2.60. The van der Waals surface area contributed by atoms with Crippen molar-refractivity contribution < 1.29 is 4.74 Å². The minimum atomic E-state index is 0.492. The second-order valence-corrected chi connectivity index (χ2v) is 6.70. The van der Waals surface area contributed by atoms with Crippen LogP contribution in [0.25, 0.3) is 0 Å². The van der Waals surface area contributed by atoms with Crippen LogP contribution >= 0.6 is 0 Å². The van der Waals surface area contributed by atoms with Crippen LogP contribution in [0.4, 0.5) is 0 Å². The zero-order valence-corrected chi connectivity index (χ0v) is 13.6. The van der Waals surface area contributed by atoms with Crippen LogP contribution in [0.1, 0.15) is 64.7 Å². The maximum atomic E-state index is 5.73. The van der Waals surface area contributed by atoms with Crippen LogP contribution in [-0.2, 0) is 4.74 Å². The van der Waals surface area contributed by atoms with Gasteiger partial charge in [0.1, 0.15) is 0 Å². The van der Waals surface area contributed by atoms with Crippen molar-refractivity contribution in [3.05, 3.63) is 0 Å². The highest BCUT2D eigenvalue weighted by atomic mass is 16.5. The Labute approximate surface area is 125 Å². The molecule has 2 rings (SSSR count). The maximum Gasteiger partial charge on any atom is 0.0587 e. The molecule has 2 unspecified atom stereocenters. The standard InChI is InChI=1S/C17H34N2O/c1-3-17-14-15(10-13-20-17)18-11-7-12-19(2)16-8-5-4-6-9-16/h15-18H,3-14H2,1-2H3. The molecule has 2 atom stereocenters. The first kappa shape index (κ1) is 16.3. The quantitative estimate of drug-likeness (QED) is 0.726. The summed E-state index contributed by atoms with van der Waals surface area (Å²) < 4.78 is 5.73. The van der Waals surface area contributed by atoms with Crippen LogP contribution in [0.2, 0.25) is 0 Å². The number of ether oxygens (including phenoxy) is 1. The molecule has 0 radical (unpaired) electrons. The molecule has 0 spiro atoms. The van der Waals surface area contributed by atoms with Crippen molar-refractivity contribution >= 4 is 0 Å². The Hall–Kier alpha value is -0.120. The average Bonchev–Trinajstić information content (AvgIpc) is 2.52. The fraction of sp³-hybridized carbons (Fsp3) is 1.00. The van der Waals surface area contributed by atoms with Crippen molar-refractivity contribution in [3.63, 3.8) is 0 Å². The smallest absolute Gasteiger partial charge is 0.0587 e. The molecule has 0 aromatic heterocycles. The van der Waals surface area contributed by atoms with Crippen molar-refractivity contribution in [1.82, 2.24) is 10.2 Å².